The van der Waals surface area contributed by atoms with Gasteiger partial charge in [0, 0.05) is 21.7 Å². The molecule has 0 fully saturated rings. The van der Waals surface area contributed by atoms with Gasteiger partial charge in [0.25, 0.3) is 11.8 Å². The molecule has 2 amide bonds. The van der Waals surface area contributed by atoms with Gasteiger partial charge < -0.3 is 30.4 Å². The molecule has 0 bridgehead atoms. The predicted molar refractivity (Wildman–Crippen MR) is 210 cm³/mol. The molecule has 0 aliphatic rings. The van der Waals surface area contributed by atoms with Crippen molar-refractivity contribution < 1.29 is 52.1 Å². The predicted octanol–water partition coefficient (Wildman–Crippen LogP) is 5.90. The number of carbonyl (C=O) groups is 2. The number of nitrogens with one attached hydrogen (secondary N) is 2. The quantitative estimate of drug-likeness (QED) is 0.0496. The highest BCUT2D eigenvalue weighted by atomic mass is 31.2. The zero-order valence-electron chi connectivity index (χ0n) is 30.3. The number of aromatic nitrogens is 2. The fourth-order valence-corrected chi connectivity index (χ4v) is 7.85. The van der Waals surface area contributed by atoms with Crippen LogP contribution in [-0.2, 0) is 22.7 Å². The number of phosphoric ester groups is 2. The van der Waals surface area contributed by atoms with E-state index in [1.807, 2.05) is 42.5 Å². The van der Waals surface area contributed by atoms with E-state index in [0.29, 0.717) is 44.0 Å². The van der Waals surface area contributed by atoms with E-state index in [0.717, 1.165) is 5.56 Å². The van der Waals surface area contributed by atoms with E-state index in [2.05, 4.69) is 20.6 Å². The summed E-state index contributed by atoms with van der Waals surface area (Å²) < 4.78 is 40.5. The molecule has 0 saturated heterocycles. The van der Waals surface area contributed by atoms with Gasteiger partial charge in [-0.15, -0.1) is 0 Å². The molecule has 0 saturated carbocycles. The Labute approximate surface area is 321 Å². The summed E-state index contributed by atoms with van der Waals surface area (Å²) in [6.45, 7) is 1.40. The molecule has 2 heterocycles. The van der Waals surface area contributed by atoms with Crippen LogP contribution in [0.3, 0.4) is 0 Å². The SMILES string of the molecule is CC(CC(CO)NC(=O)c1c2ccccc2nc2ccccc12)OP(=O)(O)OC(C)C(COP(=O)(O)O)NC(=O)c1cc(-c2ccccc2)nc2ccccc12. The van der Waals surface area contributed by atoms with Crippen LogP contribution in [0.1, 0.15) is 41.0 Å². The topological polar surface area (TPSA) is 227 Å². The van der Waals surface area contributed by atoms with Crippen molar-refractivity contribution in [2.24, 2.45) is 0 Å². The molecule has 4 aromatic carbocycles. The number of fused-ring (bicyclic) bond motifs is 3. The van der Waals surface area contributed by atoms with Gasteiger partial charge >= 0.3 is 15.6 Å². The molecule has 0 aliphatic heterocycles. The molecule has 0 aliphatic carbocycles. The molecule has 17 heteroatoms. The highest BCUT2D eigenvalue weighted by Gasteiger charge is 2.34. The van der Waals surface area contributed by atoms with Crippen LogP contribution < -0.4 is 10.6 Å². The molecule has 56 heavy (non-hydrogen) atoms. The number of rotatable bonds is 16. The first kappa shape index (κ1) is 40.7. The Balaban J connectivity index is 1.16. The lowest BCUT2D eigenvalue weighted by Gasteiger charge is -2.28. The van der Waals surface area contributed by atoms with Gasteiger partial charge in [-0.05, 0) is 44.5 Å². The summed E-state index contributed by atoms with van der Waals surface area (Å²) in [7, 11) is -10.0. The highest BCUT2D eigenvalue weighted by molar-refractivity contribution is 7.47. The van der Waals surface area contributed by atoms with E-state index >= 15 is 0 Å². The van der Waals surface area contributed by atoms with E-state index in [4.69, 9.17) is 13.6 Å². The Morgan fingerprint density at radius 3 is 1.86 bits per heavy atom. The number of aliphatic hydroxyl groups excluding tert-OH is 1. The number of hydrogen-bond acceptors (Lipinski definition) is 10. The second kappa shape index (κ2) is 17.5. The molecule has 6 rings (SSSR count). The Bertz CT molecular complexity index is 2410. The molecule has 15 nitrogen and oxygen atoms in total. The third kappa shape index (κ3) is 10.1. The highest BCUT2D eigenvalue weighted by Crippen LogP contribution is 2.47. The third-order valence-corrected chi connectivity index (χ3v) is 10.6. The molecule has 5 unspecified atom stereocenters. The van der Waals surface area contributed by atoms with E-state index in [1.165, 1.54) is 13.8 Å². The molecule has 292 valence electrons. The number of nitrogens with zero attached hydrogens (tertiary/aromatic N) is 2. The summed E-state index contributed by atoms with van der Waals surface area (Å²) in [6, 6.07) is 29.6. The summed E-state index contributed by atoms with van der Waals surface area (Å²) in [5, 5.41) is 17.3. The minimum absolute atomic E-state index is 0.119. The van der Waals surface area contributed by atoms with Crippen molar-refractivity contribution in [1.82, 2.24) is 20.6 Å². The standard InChI is InChI=1S/C39H40N4O11P2/c1-24(20-27(22-44)40-39(46)37-29-15-7-10-18-33(29)41-34-19-11-8-16-30(34)37)53-56(50,51)54-25(2)36(23-52-55(47,48)49)43-38(45)31-21-35(26-12-4-3-5-13-26)42-32-17-9-6-14-28(31)32/h3-19,21,24-25,27,36,44H,20,22-23H2,1-2H3,(H,40,46)(H,43,45)(H,50,51)(H2,47,48,49). The van der Waals surface area contributed by atoms with Crippen LogP contribution in [0.25, 0.3) is 44.0 Å². The summed E-state index contributed by atoms with van der Waals surface area (Å²) in [4.78, 5) is 66.5. The largest absolute Gasteiger partial charge is 0.472 e. The number of pyridine rings is 2. The first-order chi connectivity index (χ1) is 26.7. The second-order valence-corrected chi connectivity index (χ2v) is 15.7. The number of phosphoric acid groups is 2. The Morgan fingerprint density at radius 1 is 0.714 bits per heavy atom. The van der Waals surface area contributed by atoms with Gasteiger partial charge in [0.1, 0.15) is 0 Å². The number of aliphatic hydroxyl groups is 1. The van der Waals surface area contributed by atoms with Crippen molar-refractivity contribution in [1.29, 1.82) is 0 Å². The fourth-order valence-electron chi connectivity index (χ4n) is 6.34. The van der Waals surface area contributed by atoms with Crippen LogP contribution in [0.15, 0.2) is 109 Å². The van der Waals surface area contributed by atoms with E-state index in [-0.39, 0.29) is 12.0 Å². The van der Waals surface area contributed by atoms with Gasteiger partial charge in [-0.3, -0.25) is 23.2 Å². The maximum atomic E-state index is 13.8. The van der Waals surface area contributed by atoms with Gasteiger partial charge in [0.15, 0.2) is 0 Å². The average Bonchev–Trinajstić information content (AvgIpc) is 3.17. The zero-order valence-corrected chi connectivity index (χ0v) is 32.0. The summed E-state index contributed by atoms with van der Waals surface area (Å²) in [5.74, 6) is -1.20. The van der Waals surface area contributed by atoms with Gasteiger partial charge in [0.05, 0.1) is 70.9 Å². The summed E-state index contributed by atoms with van der Waals surface area (Å²) in [5.41, 5.74) is 3.47. The van der Waals surface area contributed by atoms with Crippen molar-refractivity contribution in [2.75, 3.05) is 13.2 Å². The van der Waals surface area contributed by atoms with E-state index < -0.39 is 65.0 Å². The number of benzene rings is 4. The van der Waals surface area contributed by atoms with Crippen LogP contribution in [-0.4, -0.2) is 79.1 Å². The Kier molecular flexibility index (Phi) is 12.7. The van der Waals surface area contributed by atoms with Crippen molar-refractivity contribution in [3.05, 3.63) is 120 Å². The maximum Gasteiger partial charge on any atom is 0.472 e. The molecule has 5 atom stereocenters. The molecule has 0 spiro atoms. The Morgan fingerprint density at radius 2 is 1.27 bits per heavy atom. The number of para-hydroxylation sites is 3. The zero-order chi connectivity index (χ0) is 40.0. The van der Waals surface area contributed by atoms with Crippen LogP contribution in [0.2, 0.25) is 0 Å². The Hall–Kier alpha value is -4.92. The normalized spacial score (nSPS) is 15.2. The lowest BCUT2D eigenvalue weighted by molar-refractivity contribution is 0.0465. The van der Waals surface area contributed by atoms with E-state index in [9.17, 15) is 38.5 Å². The van der Waals surface area contributed by atoms with Gasteiger partial charge in [-0.25, -0.2) is 19.1 Å². The van der Waals surface area contributed by atoms with Crippen molar-refractivity contribution in [2.45, 2.75) is 44.6 Å². The van der Waals surface area contributed by atoms with Crippen molar-refractivity contribution >= 4 is 60.2 Å². The number of amides is 2. The number of carbonyl (C=O) groups excluding carboxylic acids is 2. The fraction of sp³-hybridized carbons (Fsp3) is 0.231. The third-order valence-electron chi connectivity index (χ3n) is 8.94. The molecule has 6 N–H and O–H groups in total. The molecule has 6 aromatic rings. The summed E-state index contributed by atoms with van der Waals surface area (Å²) in [6.07, 6.45) is -2.59. The summed E-state index contributed by atoms with van der Waals surface area (Å²) >= 11 is 0. The molecular weight excluding hydrogens is 762 g/mol. The number of hydrogen-bond donors (Lipinski definition) is 6. The lowest BCUT2D eigenvalue weighted by atomic mass is 10.0. The van der Waals surface area contributed by atoms with Crippen molar-refractivity contribution in [3.8, 4) is 11.3 Å². The monoisotopic (exact) mass is 802 g/mol. The van der Waals surface area contributed by atoms with Crippen LogP contribution in [0, 0.1) is 0 Å². The van der Waals surface area contributed by atoms with Crippen LogP contribution in [0.4, 0.5) is 0 Å². The molecular formula is C39H40N4O11P2. The van der Waals surface area contributed by atoms with Crippen LogP contribution in [0.5, 0.6) is 0 Å². The second-order valence-electron chi connectivity index (χ2n) is 13.1. The lowest BCUT2D eigenvalue weighted by Crippen LogP contribution is -2.46. The van der Waals surface area contributed by atoms with Gasteiger partial charge in [0.2, 0.25) is 0 Å². The maximum absolute atomic E-state index is 13.8. The molecule has 0 radical (unpaired) electrons. The minimum atomic E-state index is -5.06. The van der Waals surface area contributed by atoms with Gasteiger partial charge in [-0.2, -0.15) is 0 Å². The van der Waals surface area contributed by atoms with Gasteiger partial charge in [-0.1, -0.05) is 84.9 Å². The molecule has 2 aromatic heterocycles. The van der Waals surface area contributed by atoms with Crippen LogP contribution >= 0.6 is 15.6 Å². The average molecular weight is 803 g/mol. The first-order valence-corrected chi connectivity index (χ1v) is 20.6. The minimum Gasteiger partial charge on any atom is -0.394 e. The van der Waals surface area contributed by atoms with E-state index in [1.54, 1.807) is 66.7 Å². The smallest absolute Gasteiger partial charge is 0.394 e. The van der Waals surface area contributed by atoms with Crippen molar-refractivity contribution in [3.63, 3.8) is 0 Å². The first-order valence-electron chi connectivity index (χ1n) is 17.6.